The first-order valence-electron chi connectivity index (χ1n) is 8.90. The van der Waals surface area contributed by atoms with Gasteiger partial charge in [-0.15, -0.1) is 0 Å². The van der Waals surface area contributed by atoms with Crippen LogP contribution in [0.2, 0.25) is 0 Å². The van der Waals surface area contributed by atoms with Gasteiger partial charge in [0.1, 0.15) is 0 Å². The van der Waals surface area contributed by atoms with Crippen LogP contribution in [0.4, 0.5) is 0 Å². The van der Waals surface area contributed by atoms with Gasteiger partial charge in [-0.1, -0.05) is 34.6 Å². The molecule has 120 valence electrons. The smallest absolute Gasteiger partial charge is 0.0832 e. The van der Waals surface area contributed by atoms with Crippen molar-refractivity contribution in [3.05, 3.63) is 0 Å². The molecule has 1 aliphatic carbocycles. The molecule has 1 rings (SSSR count). The molecule has 1 N–H and O–H groups in total. The second-order valence-electron chi connectivity index (χ2n) is 6.92. The Morgan fingerprint density at radius 1 is 1.00 bits per heavy atom. The van der Waals surface area contributed by atoms with E-state index in [1.807, 2.05) is 0 Å². The highest BCUT2D eigenvalue weighted by molar-refractivity contribution is 4.97. The highest BCUT2D eigenvalue weighted by Gasteiger charge is 2.42. The third kappa shape index (κ3) is 4.21. The standard InChI is InChI=1S/C18H37NO/c1-7-18(8-2,20-10-4)17(19-9-3)16-12-14(5)11-15(6)13-16/h14-17,19H,7-13H2,1-6H3. The van der Waals surface area contributed by atoms with Crippen molar-refractivity contribution >= 4 is 0 Å². The predicted molar refractivity (Wildman–Crippen MR) is 88.1 cm³/mol. The van der Waals surface area contributed by atoms with Crippen molar-refractivity contribution in [2.75, 3.05) is 13.2 Å². The Hall–Kier alpha value is -0.0800. The molecule has 1 fully saturated rings. The van der Waals surface area contributed by atoms with E-state index in [1.165, 1.54) is 19.3 Å². The van der Waals surface area contributed by atoms with E-state index in [2.05, 4.69) is 46.9 Å². The Morgan fingerprint density at radius 3 is 1.95 bits per heavy atom. The van der Waals surface area contributed by atoms with Crippen molar-refractivity contribution in [3.8, 4) is 0 Å². The van der Waals surface area contributed by atoms with Crippen molar-refractivity contribution in [1.29, 1.82) is 0 Å². The lowest BCUT2D eigenvalue weighted by Crippen LogP contribution is -2.57. The van der Waals surface area contributed by atoms with Crippen molar-refractivity contribution in [1.82, 2.24) is 5.32 Å². The van der Waals surface area contributed by atoms with Gasteiger partial charge in [0.05, 0.1) is 5.60 Å². The summed E-state index contributed by atoms with van der Waals surface area (Å²) in [6.45, 7) is 15.6. The molecule has 0 saturated heterocycles. The minimum Gasteiger partial charge on any atom is -0.374 e. The molecule has 0 aromatic carbocycles. The van der Waals surface area contributed by atoms with Gasteiger partial charge >= 0.3 is 0 Å². The summed E-state index contributed by atoms with van der Waals surface area (Å²) in [5, 5.41) is 3.80. The van der Waals surface area contributed by atoms with E-state index in [9.17, 15) is 0 Å². The van der Waals surface area contributed by atoms with Crippen LogP contribution < -0.4 is 5.32 Å². The normalized spacial score (nSPS) is 29.4. The molecule has 0 aliphatic heterocycles. The Labute approximate surface area is 127 Å². The topological polar surface area (TPSA) is 21.3 Å². The lowest BCUT2D eigenvalue weighted by Gasteiger charge is -2.47. The number of hydrogen-bond donors (Lipinski definition) is 1. The summed E-state index contributed by atoms with van der Waals surface area (Å²) in [5.74, 6) is 2.48. The van der Waals surface area contributed by atoms with Gasteiger partial charge in [0, 0.05) is 12.6 Å². The first kappa shape index (κ1) is 18.0. The zero-order valence-electron chi connectivity index (χ0n) is 14.7. The molecule has 1 aliphatic rings. The van der Waals surface area contributed by atoms with E-state index in [0.717, 1.165) is 43.7 Å². The first-order valence-corrected chi connectivity index (χ1v) is 8.90. The van der Waals surface area contributed by atoms with Crippen LogP contribution in [-0.4, -0.2) is 24.8 Å². The molecule has 0 heterocycles. The van der Waals surface area contributed by atoms with Crippen molar-refractivity contribution < 1.29 is 4.74 Å². The zero-order chi connectivity index (χ0) is 15.2. The summed E-state index contributed by atoms with van der Waals surface area (Å²) in [6.07, 6.45) is 6.32. The van der Waals surface area contributed by atoms with Crippen molar-refractivity contribution in [3.63, 3.8) is 0 Å². The summed E-state index contributed by atoms with van der Waals surface area (Å²) in [5.41, 5.74) is 0.0200. The van der Waals surface area contributed by atoms with Crippen LogP contribution in [0.3, 0.4) is 0 Å². The molecule has 3 unspecified atom stereocenters. The van der Waals surface area contributed by atoms with E-state index in [0.29, 0.717) is 6.04 Å². The van der Waals surface area contributed by atoms with E-state index in [4.69, 9.17) is 4.74 Å². The van der Waals surface area contributed by atoms with E-state index < -0.39 is 0 Å². The molecule has 0 bridgehead atoms. The first-order chi connectivity index (χ1) is 9.52. The van der Waals surface area contributed by atoms with E-state index in [-0.39, 0.29) is 5.60 Å². The van der Waals surface area contributed by atoms with Gasteiger partial charge in [-0.2, -0.15) is 0 Å². The Morgan fingerprint density at radius 2 is 1.55 bits per heavy atom. The lowest BCUT2D eigenvalue weighted by molar-refractivity contribution is -0.0922. The number of ether oxygens (including phenoxy) is 1. The predicted octanol–water partition coefficient (Wildman–Crippen LogP) is 4.63. The SMILES string of the molecule is CCNC(C1CC(C)CC(C)C1)C(CC)(CC)OCC. The van der Waals surface area contributed by atoms with Crippen LogP contribution in [-0.2, 0) is 4.74 Å². The van der Waals surface area contributed by atoms with Gasteiger partial charge in [0.2, 0.25) is 0 Å². The maximum Gasteiger partial charge on any atom is 0.0832 e. The second kappa shape index (κ2) is 8.38. The average Bonchev–Trinajstić information content (AvgIpc) is 2.41. The van der Waals surface area contributed by atoms with Crippen LogP contribution in [0.5, 0.6) is 0 Å². The van der Waals surface area contributed by atoms with Gasteiger partial charge in [-0.05, 0) is 63.3 Å². The van der Waals surface area contributed by atoms with Gasteiger partial charge in [0.15, 0.2) is 0 Å². The molecule has 2 heteroatoms. The molecule has 0 aromatic rings. The Bertz CT molecular complexity index is 252. The summed E-state index contributed by atoms with van der Waals surface area (Å²) in [6, 6.07) is 0.507. The van der Waals surface area contributed by atoms with E-state index in [1.54, 1.807) is 0 Å². The monoisotopic (exact) mass is 283 g/mol. The number of likely N-dealkylation sites (N-methyl/N-ethyl adjacent to an activating group) is 1. The number of rotatable bonds is 8. The van der Waals surface area contributed by atoms with Crippen molar-refractivity contribution in [2.45, 2.75) is 85.3 Å². The third-order valence-corrected chi connectivity index (χ3v) is 5.31. The second-order valence-corrected chi connectivity index (χ2v) is 6.92. The molecule has 3 atom stereocenters. The van der Waals surface area contributed by atoms with Crippen LogP contribution in [0.15, 0.2) is 0 Å². The highest BCUT2D eigenvalue weighted by atomic mass is 16.5. The minimum atomic E-state index is 0.0200. The quantitative estimate of drug-likeness (QED) is 0.701. The van der Waals surface area contributed by atoms with Crippen molar-refractivity contribution in [2.24, 2.45) is 17.8 Å². The molecular formula is C18H37NO. The van der Waals surface area contributed by atoms with Crippen LogP contribution >= 0.6 is 0 Å². The third-order valence-electron chi connectivity index (χ3n) is 5.31. The molecule has 20 heavy (non-hydrogen) atoms. The van der Waals surface area contributed by atoms with Gasteiger partial charge in [0.25, 0.3) is 0 Å². The Kier molecular flexibility index (Phi) is 7.53. The fourth-order valence-electron chi connectivity index (χ4n) is 4.55. The molecule has 1 saturated carbocycles. The van der Waals surface area contributed by atoms with E-state index >= 15 is 0 Å². The summed E-state index contributed by atoms with van der Waals surface area (Å²) in [7, 11) is 0. The molecule has 0 amide bonds. The average molecular weight is 284 g/mol. The fraction of sp³-hybridized carbons (Fsp3) is 1.00. The van der Waals surface area contributed by atoms with Gasteiger partial charge in [-0.25, -0.2) is 0 Å². The highest BCUT2D eigenvalue weighted by Crippen LogP contribution is 2.40. The lowest BCUT2D eigenvalue weighted by atomic mass is 9.68. The maximum atomic E-state index is 6.30. The molecule has 0 radical (unpaired) electrons. The molecular weight excluding hydrogens is 246 g/mol. The fourth-order valence-corrected chi connectivity index (χ4v) is 4.55. The van der Waals surface area contributed by atoms with Crippen LogP contribution in [0.1, 0.15) is 73.6 Å². The minimum absolute atomic E-state index is 0.0200. The summed E-state index contributed by atoms with van der Waals surface area (Å²) < 4.78 is 6.30. The molecule has 0 aromatic heterocycles. The zero-order valence-corrected chi connectivity index (χ0v) is 14.7. The van der Waals surface area contributed by atoms with Gasteiger partial charge in [-0.3, -0.25) is 0 Å². The number of nitrogens with one attached hydrogen (secondary N) is 1. The molecule has 2 nitrogen and oxygen atoms in total. The number of hydrogen-bond acceptors (Lipinski definition) is 2. The van der Waals surface area contributed by atoms with Gasteiger partial charge < -0.3 is 10.1 Å². The maximum absolute atomic E-state index is 6.30. The molecule has 0 spiro atoms. The van der Waals surface area contributed by atoms with Crippen LogP contribution in [0.25, 0.3) is 0 Å². The Balaban J connectivity index is 2.94. The summed E-state index contributed by atoms with van der Waals surface area (Å²) in [4.78, 5) is 0. The largest absolute Gasteiger partial charge is 0.374 e. The summed E-state index contributed by atoms with van der Waals surface area (Å²) >= 11 is 0. The van der Waals surface area contributed by atoms with Crippen LogP contribution in [0, 0.1) is 17.8 Å².